The molecule has 19 heavy (non-hydrogen) atoms. The predicted octanol–water partition coefficient (Wildman–Crippen LogP) is 2.53. The van der Waals surface area contributed by atoms with E-state index in [1.807, 2.05) is 29.2 Å². The molecule has 0 aliphatic heterocycles. The van der Waals surface area contributed by atoms with Gasteiger partial charge in [0.15, 0.2) is 0 Å². The Labute approximate surface area is 114 Å². The average Bonchev–Trinajstić information content (AvgIpc) is 2.73. The van der Waals surface area contributed by atoms with Crippen LogP contribution in [0.2, 0.25) is 0 Å². The smallest absolute Gasteiger partial charge is 0.115 e. The zero-order valence-corrected chi connectivity index (χ0v) is 11.7. The first kappa shape index (κ1) is 13.6. The Morgan fingerprint density at radius 1 is 1.26 bits per heavy atom. The van der Waals surface area contributed by atoms with Crippen molar-refractivity contribution in [2.75, 3.05) is 0 Å². The molecule has 2 N–H and O–H groups in total. The molecule has 2 rings (SSSR count). The van der Waals surface area contributed by atoms with E-state index in [4.69, 9.17) is 0 Å². The number of nitrogens with zero attached hydrogens (tertiary/aromatic N) is 2. The molecule has 1 aromatic heterocycles. The number of phenols is 1. The lowest BCUT2D eigenvalue weighted by Crippen LogP contribution is -2.34. The van der Waals surface area contributed by atoms with Crippen LogP contribution in [-0.2, 0) is 13.1 Å². The summed E-state index contributed by atoms with van der Waals surface area (Å²) in [5, 5.41) is 17.2. The molecule has 102 valence electrons. The molecule has 0 atom stereocenters. The third-order valence-corrected chi connectivity index (χ3v) is 2.76. The highest BCUT2D eigenvalue weighted by atomic mass is 16.3. The van der Waals surface area contributed by atoms with Gasteiger partial charge in [0.2, 0.25) is 0 Å². The zero-order chi connectivity index (χ0) is 13.9. The second-order valence-corrected chi connectivity index (χ2v) is 5.82. The van der Waals surface area contributed by atoms with Crippen LogP contribution in [-0.4, -0.2) is 20.4 Å². The molecule has 0 bridgehead atoms. The summed E-state index contributed by atoms with van der Waals surface area (Å²) in [4.78, 5) is 0. The van der Waals surface area contributed by atoms with Gasteiger partial charge >= 0.3 is 0 Å². The van der Waals surface area contributed by atoms with Crippen molar-refractivity contribution in [1.29, 1.82) is 0 Å². The fraction of sp³-hybridized carbons (Fsp3) is 0.400. The summed E-state index contributed by atoms with van der Waals surface area (Å²) < 4.78 is 1.88. The van der Waals surface area contributed by atoms with Gasteiger partial charge in [-0.2, -0.15) is 5.10 Å². The van der Waals surface area contributed by atoms with Crippen molar-refractivity contribution in [2.45, 2.75) is 39.4 Å². The Morgan fingerprint density at radius 3 is 2.74 bits per heavy atom. The van der Waals surface area contributed by atoms with Gasteiger partial charge in [-0.25, -0.2) is 0 Å². The minimum Gasteiger partial charge on any atom is -0.508 e. The van der Waals surface area contributed by atoms with Gasteiger partial charge in [-0.1, -0.05) is 12.1 Å². The van der Waals surface area contributed by atoms with E-state index in [-0.39, 0.29) is 5.54 Å². The Kier molecular flexibility index (Phi) is 3.90. The monoisotopic (exact) mass is 259 g/mol. The summed E-state index contributed by atoms with van der Waals surface area (Å²) in [7, 11) is 0. The van der Waals surface area contributed by atoms with Crippen LogP contribution in [0.25, 0.3) is 0 Å². The number of phenolic OH excluding ortho intramolecular Hbond substituents is 1. The largest absolute Gasteiger partial charge is 0.508 e. The lowest BCUT2D eigenvalue weighted by molar-refractivity contribution is 0.424. The van der Waals surface area contributed by atoms with E-state index >= 15 is 0 Å². The highest BCUT2D eigenvalue weighted by Crippen LogP contribution is 2.12. The molecule has 0 fully saturated rings. The average molecular weight is 259 g/mol. The van der Waals surface area contributed by atoms with Crippen LogP contribution in [0.15, 0.2) is 36.7 Å². The van der Waals surface area contributed by atoms with Crippen LogP contribution in [0.3, 0.4) is 0 Å². The molecule has 0 radical (unpaired) electrons. The lowest BCUT2D eigenvalue weighted by Gasteiger charge is -2.19. The van der Waals surface area contributed by atoms with Crippen molar-refractivity contribution in [3.63, 3.8) is 0 Å². The Bertz CT molecular complexity index is 540. The van der Waals surface area contributed by atoms with Gasteiger partial charge in [0.1, 0.15) is 5.75 Å². The maximum atomic E-state index is 9.43. The van der Waals surface area contributed by atoms with Crippen molar-refractivity contribution in [3.8, 4) is 5.75 Å². The molecule has 0 unspecified atom stereocenters. The van der Waals surface area contributed by atoms with E-state index in [1.54, 1.807) is 12.1 Å². The van der Waals surface area contributed by atoms with E-state index in [9.17, 15) is 5.11 Å². The standard InChI is InChI=1S/C15H21N3O/c1-15(2,3)16-8-13-9-17-18(11-13)10-12-5-4-6-14(19)7-12/h4-7,9,11,16,19H,8,10H2,1-3H3. The topological polar surface area (TPSA) is 50.1 Å². The van der Waals surface area contributed by atoms with Crippen LogP contribution in [0.4, 0.5) is 0 Å². The van der Waals surface area contributed by atoms with Gasteiger partial charge < -0.3 is 10.4 Å². The predicted molar refractivity (Wildman–Crippen MR) is 76.0 cm³/mol. The van der Waals surface area contributed by atoms with Crippen LogP contribution in [0, 0.1) is 0 Å². The quantitative estimate of drug-likeness (QED) is 0.887. The number of hydrogen-bond acceptors (Lipinski definition) is 3. The maximum absolute atomic E-state index is 9.43. The summed E-state index contributed by atoms with van der Waals surface area (Å²) >= 11 is 0. The fourth-order valence-electron chi connectivity index (χ4n) is 1.79. The van der Waals surface area contributed by atoms with Crippen molar-refractivity contribution in [1.82, 2.24) is 15.1 Å². The van der Waals surface area contributed by atoms with Gasteiger partial charge in [-0.05, 0) is 38.5 Å². The van der Waals surface area contributed by atoms with E-state index in [2.05, 4.69) is 31.2 Å². The van der Waals surface area contributed by atoms with Gasteiger partial charge in [0.05, 0.1) is 12.7 Å². The van der Waals surface area contributed by atoms with E-state index in [0.717, 1.165) is 17.7 Å². The molecule has 0 aliphatic carbocycles. The molecule has 0 spiro atoms. The van der Waals surface area contributed by atoms with Gasteiger partial charge in [0.25, 0.3) is 0 Å². The van der Waals surface area contributed by atoms with Gasteiger partial charge in [-0.15, -0.1) is 0 Å². The van der Waals surface area contributed by atoms with Crippen molar-refractivity contribution in [3.05, 3.63) is 47.8 Å². The van der Waals surface area contributed by atoms with Crippen LogP contribution >= 0.6 is 0 Å². The maximum Gasteiger partial charge on any atom is 0.115 e. The SMILES string of the molecule is CC(C)(C)NCc1cnn(Cc2cccc(O)c2)c1. The number of rotatable bonds is 4. The van der Waals surface area contributed by atoms with Crippen molar-refractivity contribution < 1.29 is 5.11 Å². The highest BCUT2D eigenvalue weighted by molar-refractivity contribution is 5.27. The minimum absolute atomic E-state index is 0.104. The number of nitrogens with one attached hydrogen (secondary N) is 1. The number of benzene rings is 1. The Morgan fingerprint density at radius 2 is 2.05 bits per heavy atom. The number of aromatic hydroxyl groups is 1. The molecule has 0 saturated carbocycles. The number of hydrogen-bond donors (Lipinski definition) is 2. The minimum atomic E-state index is 0.104. The number of aromatic nitrogens is 2. The first-order valence-corrected chi connectivity index (χ1v) is 6.47. The van der Waals surface area contributed by atoms with Crippen molar-refractivity contribution in [2.24, 2.45) is 0 Å². The van der Waals surface area contributed by atoms with E-state index in [0.29, 0.717) is 12.3 Å². The second kappa shape index (κ2) is 5.45. The first-order chi connectivity index (χ1) is 8.92. The Hall–Kier alpha value is -1.81. The lowest BCUT2D eigenvalue weighted by atomic mass is 10.1. The summed E-state index contributed by atoms with van der Waals surface area (Å²) in [6.07, 6.45) is 3.91. The molecule has 4 nitrogen and oxygen atoms in total. The van der Waals surface area contributed by atoms with E-state index < -0.39 is 0 Å². The summed E-state index contributed by atoms with van der Waals surface area (Å²) in [6, 6.07) is 7.25. The van der Waals surface area contributed by atoms with E-state index in [1.165, 1.54) is 0 Å². The molecule has 0 aliphatic rings. The highest BCUT2D eigenvalue weighted by Gasteiger charge is 2.09. The molecule has 1 heterocycles. The normalized spacial score (nSPS) is 11.7. The molecule has 4 heteroatoms. The molecular weight excluding hydrogens is 238 g/mol. The molecule has 0 saturated heterocycles. The summed E-state index contributed by atoms with van der Waals surface area (Å²) in [5.41, 5.74) is 2.31. The van der Waals surface area contributed by atoms with Crippen LogP contribution < -0.4 is 5.32 Å². The van der Waals surface area contributed by atoms with Gasteiger partial charge in [-0.3, -0.25) is 4.68 Å². The molecule has 0 amide bonds. The third kappa shape index (κ3) is 4.41. The van der Waals surface area contributed by atoms with Gasteiger partial charge in [0, 0.05) is 23.8 Å². The van der Waals surface area contributed by atoms with Crippen LogP contribution in [0.5, 0.6) is 5.75 Å². The first-order valence-electron chi connectivity index (χ1n) is 6.47. The summed E-state index contributed by atoms with van der Waals surface area (Å²) in [6.45, 7) is 7.91. The third-order valence-electron chi connectivity index (χ3n) is 2.76. The molecular formula is C15H21N3O. The zero-order valence-electron chi connectivity index (χ0n) is 11.7. The molecule has 2 aromatic rings. The van der Waals surface area contributed by atoms with Crippen LogP contribution in [0.1, 0.15) is 31.9 Å². The second-order valence-electron chi connectivity index (χ2n) is 5.82. The Balaban J connectivity index is 1.97. The van der Waals surface area contributed by atoms with Crippen molar-refractivity contribution >= 4 is 0 Å². The fourth-order valence-corrected chi connectivity index (χ4v) is 1.79. The summed E-state index contributed by atoms with van der Waals surface area (Å²) in [5.74, 6) is 0.291. The molecule has 1 aromatic carbocycles.